The highest BCUT2D eigenvalue weighted by Gasteiger charge is 1.93. The van der Waals surface area contributed by atoms with Gasteiger partial charge in [0.1, 0.15) is 0 Å². The predicted octanol–water partition coefficient (Wildman–Crippen LogP) is 4.64. The minimum atomic E-state index is 0.365. The first-order valence-electron chi connectivity index (χ1n) is 7.72. The Morgan fingerprint density at radius 2 is 0.765 bits per heavy atom. The van der Waals surface area contributed by atoms with Gasteiger partial charge in [-0.15, -0.1) is 0 Å². The van der Waals surface area contributed by atoms with Crippen LogP contribution in [0.15, 0.2) is 0 Å². The third kappa shape index (κ3) is 16.0. The van der Waals surface area contributed by atoms with Gasteiger partial charge >= 0.3 is 0 Å². The van der Waals surface area contributed by atoms with E-state index in [9.17, 15) is 0 Å². The second-order valence-electron chi connectivity index (χ2n) is 5.11. The molecule has 0 aromatic carbocycles. The summed E-state index contributed by atoms with van der Waals surface area (Å²) in [5, 5.41) is 8.64. The van der Waals surface area contributed by atoms with Gasteiger partial charge in [0.2, 0.25) is 0 Å². The van der Waals surface area contributed by atoms with Crippen molar-refractivity contribution in [1.29, 1.82) is 0 Å². The van der Waals surface area contributed by atoms with Gasteiger partial charge in [-0.25, -0.2) is 0 Å². The zero-order valence-corrected chi connectivity index (χ0v) is 11.6. The third-order valence-corrected chi connectivity index (χ3v) is 3.36. The fourth-order valence-corrected chi connectivity index (χ4v) is 2.20. The number of hydrogen-bond donors (Lipinski definition) is 1. The molecule has 100 valence electrons. The van der Waals surface area contributed by atoms with E-state index in [4.69, 9.17) is 13.0 Å². The average Bonchev–Trinajstić information content (AvgIpc) is 2.35. The van der Waals surface area contributed by atoms with E-state index in [1.807, 2.05) is 0 Å². The first-order valence-corrected chi connectivity index (χ1v) is 7.72. The molecule has 0 aromatic rings. The maximum absolute atomic E-state index is 8.64. The smallest absolute Gasteiger partial charge is 0.0653 e. The molecular weight excluding hydrogens is 207 g/mol. The highest BCUT2D eigenvalue weighted by atomic mass is 16.2. The highest BCUT2D eigenvalue weighted by molar-refractivity contribution is 6.08. The van der Waals surface area contributed by atoms with E-state index in [1.165, 1.54) is 77.0 Å². The Kier molecular flexibility index (Phi) is 16.0. The maximum atomic E-state index is 8.64. The summed E-state index contributed by atoms with van der Waals surface area (Å²) in [6.07, 6.45) is 18.0. The van der Waals surface area contributed by atoms with Crippen LogP contribution in [0.5, 0.6) is 0 Å². The summed E-state index contributed by atoms with van der Waals surface area (Å²) in [6, 6.07) is 0. The van der Waals surface area contributed by atoms with Crippen LogP contribution in [-0.4, -0.2) is 19.6 Å². The molecule has 0 rings (SSSR count). The lowest BCUT2D eigenvalue weighted by molar-refractivity contribution is 0.282. The summed E-state index contributed by atoms with van der Waals surface area (Å²) in [5.74, 6) is 0. The fraction of sp³-hybridized carbons (Fsp3) is 1.00. The molecule has 0 bridgehead atoms. The molecule has 0 amide bonds. The maximum Gasteiger partial charge on any atom is 0.0653 e. The highest BCUT2D eigenvalue weighted by Crippen LogP contribution is 2.12. The summed E-state index contributed by atoms with van der Waals surface area (Å²) in [5.41, 5.74) is 0. The van der Waals surface area contributed by atoms with E-state index in [-0.39, 0.29) is 0 Å². The Morgan fingerprint density at radius 1 is 0.471 bits per heavy atom. The standard InChI is InChI=1S/C15H31BO/c16-14-12-10-8-6-4-2-1-3-5-7-9-11-13-15-17/h17H,1-15H2. The van der Waals surface area contributed by atoms with Crippen molar-refractivity contribution in [3.05, 3.63) is 0 Å². The zero-order chi connectivity index (χ0) is 12.6. The normalized spacial score (nSPS) is 10.9. The van der Waals surface area contributed by atoms with Crippen LogP contribution in [0.1, 0.15) is 83.5 Å². The van der Waals surface area contributed by atoms with Crippen LogP contribution in [0.3, 0.4) is 0 Å². The monoisotopic (exact) mass is 238 g/mol. The fourth-order valence-electron chi connectivity index (χ4n) is 2.20. The van der Waals surface area contributed by atoms with E-state index in [2.05, 4.69) is 0 Å². The molecule has 0 saturated carbocycles. The van der Waals surface area contributed by atoms with Crippen LogP contribution >= 0.6 is 0 Å². The van der Waals surface area contributed by atoms with Gasteiger partial charge < -0.3 is 5.11 Å². The number of hydrogen-bond acceptors (Lipinski definition) is 1. The number of aliphatic hydroxyl groups excluding tert-OH is 1. The molecular formula is C15H31BO. The van der Waals surface area contributed by atoms with Crippen LogP contribution in [0, 0.1) is 0 Å². The molecule has 0 unspecified atom stereocenters. The van der Waals surface area contributed by atoms with Gasteiger partial charge in [0.25, 0.3) is 0 Å². The Bertz CT molecular complexity index is 114. The van der Waals surface area contributed by atoms with Crippen molar-refractivity contribution in [3.8, 4) is 0 Å². The predicted molar refractivity (Wildman–Crippen MR) is 77.7 cm³/mol. The van der Waals surface area contributed by atoms with Gasteiger partial charge in [0.05, 0.1) is 7.85 Å². The number of rotatable bonds is 14. The molecule has 1 N–H and O–H groups in total. The number of aliphatic hydroxyl groups is 1. The van der Waals surface area contributed by atoms with Gasteiger partial charge in [-0.3, -0.25) is 0 Å². The van der Waals surface area contributed by atoms with E-state index >= 15 is 0 Å². The molecule has 2 heteroatoms. The lowest BCUT2D eigenvalue weighted by atomic mass is 9.98. The number of unbranched alkanes of at least 4 members (excludes halogenated alkanes) is 12. The molecule has 0 heterocycles. The molecule has 0 aliphatic carbocycles. The van der Waals surface area contributed by atoms with Crippen LogP contribution in [0.2, 0.25) is 6.32 Å². The summed E-state index contributed by atoms with van der Waals surface area (Å²) in [7, 11) is 5.45. The van der Waals surface area contributed by atoms with E-state index in [0.717, 1.165) is 12.7 Å². The van der Waals surface area contributed by atoms with Crippen LogP contribution in [0.25, 0.3) is 0 Å². The van der Waals surface area contributed by atoms with Crippen molar-refractivity contribution in [2.75, 3.05) is 6.61 Å². The van der Waals surface area contributed by atoms with Crippen molar-refractivity contribution in [2.24, 2.45) is 0 Å². The third-order valence-electron chi connectivity index (χ3n) is 3.36. The van der Waals surface area contributed by atoms with Crippen LogP contribution in [-0.2, 0) is 0 Å². The first-order chi connectivity index (χ1) is 8.41. The lowest BCUT2D eigenvalue weighted by Crippen LogP contribution is -1.85. The molecule has 0 spiro atoms. The van der Waals surface area contributed by atoms with E-state index in [1.54, 1.807) is 0 Å². The minimum absolute atomic E-state index is 0.365. The molecule has 0 aliphatic heterocycles. The molecule has 2 radical (unpaired) electrons. The van der Waals surface area contributed by atoms with Gasteiger partial charge in [-0.05, 0) is 6.42 Å². The molecule has 0 atom stereocenters. The Balaban J connectivity index is 2.85. The van der Waals surface area contributed by atoms with Crippen LogP contribution in [0.4, 0.5) is 0 Å². The molecule has 0 aromatic heterocycles. The van der Waals surface area contributed by atoms with Crippen molar-refractivity contribution in [1.82, 2.24) is 0 Å². The minimum Gasteiger partial charge on any atom is -0.396 e. The Labute approximate surface area is 110 Å². The van der Waals surface area contributed by atoms with E-state index in [0.29, 0.717) is 6.61 Å². The average molecular weight is 238 g/mol. The molecule has 0 aliphatic rings. The Morgan fingerprint density at radius 3 is 1.06 bits per heavy atom. The Hall–Kier alpha value is 0.0249. The molecule has 17 heavy (non-hydrogen) atoms. The second-order valence-corrected chi connectivity index (χ2v) is 5.11. The largest absolute Gasteiger partial charge is 0.396 e. The lowest BCUT2D eigenvalue weighted by Gasteiger charge is -2.02. The van der Waals surface area contributed by atoms with Gasteiger partial charge in [-0.1, -0.05) is 83.4 Å². The van der Waals surface area contributed by atoms with Crippen molar-refractivity contribution in [3.63, 3.8) is 0 Å². The van der Waals surface area contributed by atoms with Gasteiger partial charge in [-0.2, -0.15) is 0 Å². The van der Waals surface area contributed by atoms with Crippen molar-refractivity contribution in [2.45, 2.75) is 89.8 Å². The summed E-state index contributed by atoms with van der Waals surface area (Å²) in [6.45, 7) is 0.365. The molecule has 0 saturated heterocycles. The van der Waals surface area contributed by atoms with E-state index < -0.39 is 0 Å². The topological polar surface area (TPSA) is 20.2 Å². The van der Waals surface area contributed by atoms with Gasteiger partial charge in [0, 0.05) is 6.61 Å². The molecule has 0 fully saturated rings. The van der Waals surface area contributed by atoms with Crippen molar-refractivity contribution < 1.29 is 5.11 Å². The quantitative estimate of drug-likeness (QED) is 0.345. The van der Waals surface area contributed by atoms with Crippen LogP contribution < -0.4 is 0 Å². The second kappa shape index (κ2) is 16.0. The zero-order valence-electron chi connectivity index (χ0n) is 11.6. The summed E-state index contributed by atoms with van der Waals surface area (Å²) < 4.78 is 0. The van der Waals surface area contributed by atoms with Gasteiger partial charge in [0.15, 0.2) is 0 Å². The summed E-state index contributed by atoms with van der Waals surface area (Å²) >= 11 is 0. The summed E-state index contributed by atoms with van der Waals surface area (Å²) in [4.78, 5) is 0. The molecule has 1 nitrogen and oxygen atoms in total. The SMILES string of the molecule is [B]CCCCCCCCCCCCCCCO. The first kappa shape index (κ1) is 17.0. The van der Waals surface area contributed by atoms with Crippen molar-refractivity contribution >= 4 is 7.85 Å².